The summed E-state index contributed by atoms with van der Waals surface area (Å²) in [6.45, 7) is 0. The fourth-order valence-electron chi connectivity index (χ4n) is 3.73. The van der Waals surface area contributed by atoms with Crippen LogP contribution in [0.3, 0.4) is 0 Å². The van der Waals surface area contributed by atoms with Crippen molar-refractivity contribution in [3.63, 3.8) is 0 Å². The zero-order chi connectivity index (χ0) is 25.7. The van der Waals surface area contributed by atoms with Crippen LogP contribution in [0.5, 0.6) is 5.75 Å². The van der Waals surface area contributed by atoms with Crippen molar-refractivity contribution in [1.29, 1.82) is 0 Å². The molecule has 0 aliphatic rings. The number of aromatic amines is 1. The van der Waals surface area contributed by atoms with Crippen molar-refractivity contribution in [2.75, 3.05) is 25.7 Å². The van der Waals surface area contributed by atoms with Gasteiger partial charge in [-0.1, -0.05) is 30.3 Å². The predicted octanol–water partition coefficient (Wildman–Crippen LogP) is 4.09. The van der Waals surface area contributed by atoms with Gasteiger partial charge in [-0.2, -0.15) is 5.16 Å². The molecule has 0 fully saturated rings. The van der Waals surface area contributed by atoms with Gasteiger partial charge in [-0.15, -0.1) is 0 Å². The number of hydrogen-bond acceptors (Lipinski definition) is 5. The van der Waals surface area contributed by atoms with Crippen molar-refractivity contribution in [3.05, 3.63) is 107 Å². The minimum absolute atomic E-state index is 0.109. The van der Waals surface area contributed by atoms with Crippen LogP contribution < -0.4 is 15.6 Å². The summed E-state index contributed by atoms with van der Waals surface area (Å²) in [7, 11) is 2.92. The molecule has 0 saturated carbocycles. The maximum Gasteiger partial charge on any atom is 0.293 e. The molecule has 2 amide bonds. The van der Waals surface area contributed by atoms with E-state index in [1.165, 1.54) is 16.8 Å². The molecule has 0 aliphatic heterocycles. The second-order valence-corrected chi connectivity index (χ2v) is 9.97. The third-order valence-electron chi connectivity index (χ3n) is 5.69. The van der Waals surface area contributed by atoms with Gasteiger partial charge < -0.3 is 19.5 Å². The van der Waals surface area contributed by atoms with E-state index in [2.05, 4.69) is 28.9 Å². The van der Waals surface area contributed by atoms with E-state index in [9.17, 15) is 14.4 Å². The first-order chi connectivity index (χ1) is 17.4. The first kappa shape index (κ1) is 24.9. The lowest BCUT2D eigenvalue weighted by Crippen LogP contribution is -2.38. The molecule has 36 heavy (non-hydrogen) atoms. The third-order valence-corrected chi connectivity index (χ3v) is 7.65. The van der Waals surface area contributed by atoms with Crippen molar-refractivity contribution in [2.45, 2.75) is 15.8 Å². The Bertz CT molecular complexity index is 1380. The quantitative estimate of drug-likeness (QED) is 0.352. The monoisotopic (exact) mass is 504 g/mol. The zero-order valence-corrected chi connectivity index (χ0v) is 20.9. The summed E-state index contributed by atoms with van der Waals surface area (Å²) >= 11 is 0. The second-order valence-electron chi connectivity index (χ2n) is 8.01. The summed E-state index contributed by atoms with van der Waals surface area (Å²) < 4.78 is 10.2. The number of ether oxygens (including phenoxy) is 1. The Morgan fingerprint density at radius 3 is 2.19 bits per heavy atom. The van der Waals surface area contributed by atoms with Gasteiger partial charge in [0.2, 0.25) is 5.76 Å². The van der Waals surface area contributed by atoms with E-state index in [0.717, 1.165) is 11.0 Å². The number of amides is 2. The van der Waals surface area contributed by atoms with Crippen molar-refractivity contribution in [3.8, 4) is 5.75 Å². The Kier molecular flexibility index (Phi) is 7.60. The number of carbonyl (C=O) groups excluding carboxylic acids is 2. The van der Waals surface area contributed by atoms with E-state index >= 15 is 0 Å². The molecule has 8 nitrogen and oxygen atoms in total. The molecule has 1 heterocycles. The number of nitrogens with one attached hydrogen (secondary N) is 2. The van der Waals surface area contributed by atoms with Crippen LogP contribution in [-0.4, -0.2) is 42.3 Å². The Morgan fingerprint density at radius 1 is 0.972 bits per heavy atom. The molecule has 9 heteroatoms. The number of likely N-dealkylation sites (N-methyl/N-ethyl adjacent to an activating group) is 1. The average Bonchev–Trinajstić information content (AvgIpc) is 3.35. The van der Waals surface area contributed by atoms with Gasteiger partial charge in [0.15, 0.2) is 9.79 Å². The minimum atomic E-state index is -0.992. The van der Waals surface area contributed by atoms with Crippen LogP contribution in [0.4, 0.5) is 5.69 Å². The van der Waals surface area contributed by atoms with Gasteiger partial charge in [0, 0.05) is 12.7 Å². The van der Waals surface area contributed by atoms with Gasteiger partial charge in [-0.05, 0) is 54.1 Å². The molecule has 0 bridgehead atoms. The number of H-pyrrole nitrogens is 1. The van der Waals surface area contributed by atoms with Crippen molar-refractivity contribution in [2.24, 2.45) is 0 Å². The highest BCUT2D eigenvalue weighted by Crippen LogP contribution is 2.27. The first-order valence-corrected chi connectivity index (χ1v) is 12.7. The average molecular weight is 505 g/mol. The van der Waals surface area contributed by atoms with E-state index in [1.807, 2.05) is 42.5 Å². The second kappa shape index (κ2) is 11.0. The number of carbonyl (C=O) groups is 2. The maximum atomic E-state index is 13.5. The highest BCUT2D eigenvalue weighted by Gasteiger charge is 2.31. The topological polar surface area (TPSA) is 105 Å². The van der Waals surface area contributed by atoms with E-state index in [4.69, 9.17) is 9.26 Å². The summed E-state index contributed by atoms with van der Waals surface area (Å²) in [5.41, 5.74) is 0.627. The van der Waals surface area contributed by atoms with Crippen LogP contribution in [0.25, 0.3) is 0 Å². The van der Waals surface area contributed by atoms with Crippen molar-refractivity contribution in [1.82, 2.24) is 10.1 Å². The predicted molar refractivity (Wildman–Crippen MR) is 138 cm³/mol. The molecule has 2 N–H and O–H groups in total. The van der Waals surface area contributed by atoms with Crippen LogP contribution in [0.1, 0.15) is 22.2 Å². The zero-order valence-electron chi connectivity index (χ0n) is 20.1. The number of nitrogens with zero attached hydrogens (tertiary/aromatic N) is 1. The van der Waals surface area contributed by atoms with Gasteiger partial charge in [-0.3, -0.25) is 14.4 Å². The number of anilines is 1. The minimum Gasteiger partial charge on any atom is -0.497 e. The standard InChI is InChI=1S/C27H25N3O5S/c1-30(27(33)23-17-24(31)29-35-23)25(18-9-13-20(34-2)14-10-18)26(32)28-19-11-15-22(16-12-19)36(3)21-7-5-4-6-8-21/h4-17,25H,1-3H3,(H-,28,29,31,32)/p+1. The molecule has 0 aliphatic carbocycles. The van der Waals surface area contributed by atoms with Crippen LogP contribution >= 0.6 is 0 Å². The number of hydrogen-bond donors (Lipinski definition) is 2. The Hall–Kier alpha value is -4.24. The molecular weight excluding hydrogens is 478 g/mol. The normalized spacial score (nSPS) is 12.4. The van der Waals surface area contributed by atoms with Gasteiger partial charge in [-0.25, -0.2) is 0 Å². The Morgan fingerprint density at radius 2 is 1.61 bits per heavy atom. The number of aromatic nitrogens is 1. The lowest BCUT2D eigenvalue weighted by atomic mass is 10.0. The Labute approximate surface area is 211 Å². The van der Waals surface area contributed by atoms with Crippen LogP contribution in [0, 0.1) is 0 Å². The van der Waals surface area contributed by atoms with Gasteiger partial charge in [0.1, 0.15) is 18.0 Å². The third kappa shape index (κ3) is 5.52. The largest absolute Gasteiger partial charge is 0.497 e. The van der Waals surface area contributed by atoms with E-state index in [-0.39, 0.29) is 16.7 Å². The molecule has 4 aromatic rings. The summed E-state index contributed by atoms with van der Waals surface area (Å²) in [6, 6.07) is 24.8. The fourth-order valence-corrected chi connectivity index (χ4v) is 5.11. The molecule has 0 spiro atoms. The van der Waals surface area contributed by atoms with E-state index in [0.29, 0.717) is 17.0 Å². The fraction of sp³-hybridized carbons (Fsp3) is 0.148. The van der Waals surface area contributed by atoms with Crippen molar-refractivity contribution >= 4 is 28.4 Å². The van der Waals surface area contributed by atoms with E-state index < -0.39 is 23.4 Å². The Balaban J connectivity index is 1.57. The van der Waals surface area contributed by atoms with Gasteiger partial charge >= 0.3 is 0 Å². The molecule has 2 atom stereocenters. The molecule has 0 saturated heterocycles. The SMILES string of the molecule is COc1ccc(C(C(=O)Nc2ccc([S+](C)c3ccccc3)cc2)N(C)C(=O)c2cc(=O)[nH]o2)cc1. The van der Waals surface area contributed by atoms with Gasteiger partial charge in [0.05, 0.1) is 24.1 Å². The molecule has 3 aromatic carbocycles. The highest BCUT2D eigenvalue weighted by molar-refractivity contribution is 7.96. The smallest absolute Gasteiger partial charge is 0.293 e. The summed E-state index contributed by atoms with van der Waals surface area (Å²) in [4.78, 5) is 41.5. The molecule has 0 radical (unpaired) electrons. The first-order valence-electron chi connectivity index (χ1n) is 11.1. The van der Waals surface area contributed by atoms with Crippen LogP contribution in [0.15, 0.2) is 104 Å². The van der Waals surface area contributed by atoms with Crippen LogP contribution in [-0.2, 0) is 15.7 Å². The molecule has 2 unspecified atom stereocenters. The lowest BCUT2D eigenvalue weighted by Gasteiger charge is -2.27. The van der Waals surface area contributed by atoms with Gasteiger partial charge in [0.25, 0.3) is 17.4 Å². The molecule has 4 rings (SSSR count). The van der Waals surface area contributed by atoms with Crippen LogP contribution in [0.2, 0.25) is 0 Å². The molecular formula is C27H26N3O5S+. The number of methoxy groups -OCH3 is 1. The number of benzene rings is 3. The maximum absolute atomic E-state index is 13.5. The number of rotatable bonds is 8. The summed E-state index contributed by atoms with van der Waals surface area (Å²) in [5, 5.41) is 5.01. The molecule has 184 valence electrons. The highest BCUT2D eigenvalue weighted by atomic mass is 32.2. The van der Waals surface area contributed by atoms with E-state index in [1.54, 1.807) is 31.4 Å². The summed E-state index contributed by atoms with van der Waals surface area (Å²) in [6.07, 6.45) is 2.16. The summed E-state index contributed by atoms with van der Waals surface area (Å²) in [5.74, 6) is -0.598. The van der Waals surface area contributed by atoms with Crippen molar-refractivity contribution < 1.29 is 18.8 Å². The lowest BCUT2D eigenvalue weighted by molar-refractivity contribution is -0.120. The molecule has 1 aromatic heterocycles.